The number of fused-ring (bicyclic) bond motifs is 12. The molecule has 0 radical (unpaired) electrons. The highest BCUT2D eigenvalue weighted by Crippen LogP contribution is 2.61. The predicted octanol–water partition coefficient (Wildman–Crippen LogP) is 12.1. The Bertz CT molecular complexity index is 2990. The van der Waals surface area contributed by atoms with E-state index in [2.05, 4.69) is 175 Å². The highest BCUT2D eigenvalue weighted by atomic mass is 32.1. The van der Waals surface area contributed by atoms with E-state index in [1.807, 2.05) is 11.3 Å². The number of anilines is 2. The van der Waals surface area contributed by atoms with Gasteiger partial charge in [0, 0.05) is 42.6 Å². The summed E-state index contributed by atoms with van der Waals surface area (Å²) in [6, 6.07) is 61.5. The average molecular weight is 686 g/mol. The molecular weight excluding hydrogens is 658 g/mol. The Balaban J connectivity index is 1.36. The molecule has 0 N–H and O–H groups in total. The van der Waals surface area contributed by atoms with Gasteiger partial charge in [0.15, 0.2) is 0 Å². The maximum absolute atomic E-state index is 5.58. The molecule has 0 bridgehead atoms. The molecule has 0 saturated carbocycles. The van der Waals surface area contributed by atoms with E-state index >= 15 is 0 Å². The van der Waals surface area contributed by atoms with Gasteiger partial charge < -0.3 is 0 Å². The van der Waals surface area contributed by atoms with Crippen LogP contribution in [0, 0.1) is 0 Å². The summed E-state index contributed by atoms with van der Waals surface area (Å²) in [6.07, 6.45) is 0. The van der Waals surface area contributed by atoms with Gasteiger partial charge in [-0.3, -0.25) is 4.67 Å². The molecule has 238 valence electrons. The third-order valence-electron chi connectivity index (χ3n) is 10.1. The lowest BCUT2D eigenvalue weighted by atomic mass is 9.91. The van der Waals surface area contributed by atoms with Crippen molar-refractivity contribution in [1.29, 1.82) is 0 Å². The first-order valence-electron chi connectivity index (χ1n) is 17.2. The third kappa shape index (κ3) is 4.34. The van der Waals surface area contributed by atoms with Crippen LogP contribution < -0.4 is 15.3 Å². The van der Waals surface area contributed by atoms with Crippen LogP contribution >= 0.6 is 19.4 Å². The van der Waals surface area contributed by atoms with Crippen LogP contribution in [0.4, 0.5) is 11.6 Å². The minimum absolute atomic E-state index is 0.719. The quantitative estimate of drug-likeness (QED) is 0.173. The molecule has 11 rings (SSSR count). The van der Waals surface area contributed by atoms with Crippen LogP contribution in [0.3, 0.4) is 0 Å². The number of nitrogens with zero attached hydrogens (tertiary/aromatic N) is 3. The van der Waals surface area contributed by atoms with Crippen molar-refractivity contribution in [3.8, 4) is 22.4 Å². The summed E-state index contributed by atoms with van der Waals surface area (Å²) in [4.78, 5) is 11.1. The van der Waals surface area contributed by atoms with Gasteiger partial charge in [0.25, 0.3) is 0 Å². The predicted molar refractivity (Wildman–Crippen MR) is 220 cm³/mol. The Morgan fingerprint density at radius 1 is 0.529 bits per heavy atom. The molecule has 0 aliphatic carbocycles. The Morgan fingerprint density at radius 2 is 1.16 bits per heavy atom. The second kappa shape index (κ2) is 11.3. The molecule has 0 fully saturated rings. The summed E-state index contributed by atoms with van der Waals surface area (Å²) >= 11 is 1.88. The Hall–Kier alpha value is -5.93. The molecule has 3 nitrogen and oxygen atoms in total. The number of rotatable bonds is 3. The fourth-order valence-corrected chi connectivity index (χ4v) is 11.8. The lowest BCUT2D eigenvalue weighted by molar-refractivity contribution is 1.17. The van der Waals surface area contributed by atoms with Crippen molar-refractivity contribution in [2.45, 2.75) is 0 Å². The first-order valence-corrected chi connectivity index (χ1v) is 19.3. The van der Waals surface area contributed by atoms with Gasteiger partial charge in [-0.25, -0.2) is 9.97 Å². The Labute approximate surface area is 299 Å². The molecule has 51 heavy (non-hydrogen) atoms. The van der Waals surface area contributed by atoms with Gasteiger partial charge in [-0.15, -0.1) is 11.3 Å². The molecule has 1 aliphatic rings. The molecular formula is C46H28N3PS. The van der Waals surface area contributed by atoms with Gasteiger partial charge in [-0.05, 0) is 51.4 Å². The van der Waals surface area contributed by atoms with Gasteiger partial charge in [0.05, 0.1) is 29.7 Å². The lowest BCUT2D eigenvalue weighted by Gasteiger charge is -2.40. The van der Waals surface area contributed by atoms with Crippen molar-refractivity contribution in [1.82, 2.24) is 9.97 Å². The normalized spacial score (nSPS) is 14.0. The van der Waals surface area contributed by atoms with E-state index in [9.17, 15) is 0 Å². The second-order valence-electron chi connectivity index (χ2n) is 13.0. The maximum atomic E-state index is 5.58. The first kappa shape index (κ1) is 28.9. The maximum Gasteiger partial charge on any atom is 0.235 e. The van der Waals surface area contributed by atoms with E-state index in [0.29, 0.717) is 0 Å². The van der Waals surface area contributed by atoms with E-state index in [0.717, 1.165) is 28.1 Å². The zero-order valence-electron chi connectivity index (χ0n) is 27.4. The standard InChI is InChI=1S/C46H28N3PS/c1-3-15-29(16-4-1)43-35-23-11-13-25-38(35)47-46(48-43)49-44-41(33-21-9-10-22-34(33)42-36-24-12-14-26-40(36)51-45(42)44)37-27-30-17-7-8-18-31(30)28-39(37)50(49)32-19-5-2-6-20-32/h1-28H. The topological polar surface area (TPSA) is 29.0 Å². The van der Waals surface area contributed by atoms with E-state index in [1.165, 1.54) is 69.1 Å². The van der Waals surface area contributed by atoms with E-state index in [4.69, 9.17) is 9.97 Å². The van der Waals surface area contributed by atoms with Crippen LogP contribution in [0.15, 0.2) is 170 Å². The molecule has 0 amide bonds. The summed E-state index contributed by atoms with van der Waals surface area (Å²) in [5, 5.41) is 11.2. The van der Waals surface area contributed by atoms with Gasteiger partial charge in [0.2, 0.25) is 5.95 Å². The van der Waals surface area contributed by atoms with Crippen LogP contribution in [-0.2, 0) is 0 Å². The largest absolute Gasteiger partial charge is 0.278 e. The van der Waals surface area contributed by atoms with Gasteiger partial charge >= 0.3 is 0 Å². The lowest BCUT2D eigenvalue weighted by Crippen LogP contribution is -2.31. The van der Waals surface area contributed by atoms with Crippen LogP contribution in [0.25, 0.3) is 75.0 Å². The van der Waals surface area contributed by atoms with Crippen molar-refractivity contribution in [2.24, 2.45) is 0 Å². The Morgan fingerprint density at radius 3 is 1.96 bits per heavy atom. The Kier molecular flexibility index (Phi) is 6.39. The average Bonchev–Trinajstić information content (AvgIpc) is 3.60. The number of aromatic nitrogens is 2. The van der Waals surface area contributed by atoms with Gasteiger partial charge in [-0.1, -0.05) is 146 Å². The molecule has 0 saturated heterocycles. The van der Waals surface area contributed by atoms with Crippen LogP contribution in [0.1, 0.15) is 0 Å². The smallest absolute Gasteiger partial charge is 0.235 e. The van der Waals surface area contributed by atoms with Crippen LogP contribution in [0.5, 0.6) is 0 Å². The summed E-state index contributed by atoms with van der Waals surface area (Å²) < 4.78 is 5.08. The molecule has 3 heterocycles. The van der Waals surface area contributed by atoms with Crippen LogP contribution in [0.2, 0.25) is 0 Å². The fourth-order valence-electron chi connectivity index (χ4n) is 7.91. The summed E-state index contributed by atoms with van der Waals surface area (Å²) in [5.74, 6) is 0.719. The third-order valence-corrected chi connectivity index (χ3v) is 13.7. The monoisotopic (exact) mass is 685 g/mol. The van der Waals surface area contributed by atoms with Crippen molar-refractivity contribution in [3.05, 3.63) is 170 Å². The zero-order chi connectivity index (χ0) is 33.5. The fraction of sp³-hybridized carbons (Fsp3) is 0. The van der Waals surface area contributed by atoms with Crippen molar-refractivity contribution >= 4 is 94.3 Å². The minimum Gasteiger partial charge on any atom is -0.278 e. The number of hydrogen-bond donors (Lipinski definition) is 0. The van der Waals surface area contributed by atoms with E-state index in [1.54, 1.807) is 0 Å². The second-order valence-corrected chi connectivity index (χ2v) is 16.1. The molecule has 0 spiro atoms. The van der Waals surface area contributed by atoms with Gasteiger partial charge in [0.1, 0.15) is 0 Å². The summed E-state index contributed by atoms with van der Waals surface area (Å²) in [5.41, 5.74) is 6.68. The number of hydrogen-bond acceptors (Lipinski definition) is 4. The highest BCUT2D eigenvalue weighted by molar-refractivity contribution is 7.75. The zero-order valence-corrected chi connectivity index (χ0v) is 29.1. The van der Waals surface area contributed by atoms with E-state index < -0.39 is 8.07 Å². The molecule has 10 aromatic rings. The van der Waals surface area contributed by atoms with Crippen LogP contribution in [-0.4, -0.2) is 9.97 Å². The molecule has 1 aliphatic heterocycles. The molecule has 8 aromatic carbocycles. The van der Waals surface area contributed by atoms with Gasteiger partial charge in [-0.2, -0.15) is 0 Å². The minimum atomic E-state index is -1.16. The number of para-hydroxylation sites is 1. The molecule has 5 heteroatoms. The molecule has 1 atom stereocenters. The number of benzene rings is 8. The first-order chi connectivity index (χ1) is 25.3. The van der Waals surface area contributed by atoms with Crippen molar-refractivity contribution in [2.75, 3.05) is 4.67 Å². The van der Waals surface area contributed by atoms with Crippen molar-refractivity contribution in [3.63, 3.8) is 0 Å². The molecule has 1 unspecified atom stereocenters. The number of thiophene rings is 1. The van der Waals surface area contributed by atoms with Crippen molar-refractivity contribution < 1.29 is 0 Å². The summed E-state index contributed by atoms with van der Waals surface area (Å²) in [6.45, 7) is 0. The highest BCUT2D eigenvalue weighted by Gasteiger charge is 2.39. The SMILES string of the molecule is c1ccc(-c2nc(N3c4c(c5ccccc5c5c4sc4ccccc45)-c4cc5ccccc5cc4P3c3ccccc3)nc3ccccc23)cc1. The van der Waals surface area contributed by atoms with E-state index in [-0.39, 0.29) is 0 Å². The molecule has 2 aromatic heterocycles. The summed E-state index contributed by atoms with van der Waals surface area (Å²) in [7, 11) is -1.16.